The van der Waals surface area contributed by atoms with E-state index in [0.29, 0.717) is 6.54 Å². The number of hydrogen-bond acceptors (Lipinski definition) is 6. The van der Waals surface area contributed by atoms with Crippen LogP contribution in [0.4, 0.5) is 5.82 Å². The number of aromatic nitrogens is 2. The molecule has 0 aliphatic carbocycles. The van der Waals surface area contributed by atoms with Gasteiger partial charge in [0.2, 0.25) is 5.91 Å². The summed E-state index contributed by atoms with van der Waals surface area (Å²) in [6, 6.07) is 8.76. The molecule has 5 rings (SSSR count). The van der Waals surface area contributed by atoms with E-state index in [-0.39, 0.29) is 11.8 Å². The first-order valence-corrected chi connectivity index (χ1v) is 13.8. The first-order valence-electron chi connectivity index (χ1n) is 13.0. The smallest absolute Gasteiger partial charge is 0.223 e. The highest BCUT2D eigenvalue weighted by Gasteiger charge is 2.27. The quantitative estimate of drug-likeness (QED) is 0.521. The zero-order valence-corrected chi connectivity index (χ0v) is 22.0. The Morgan fingerprint density at radius 3 is 2.40 bits per heavy atom. The van der Waals surface area contributed by atoms with Gasteiger partial charge in [-0.05, 0) is 75.2 Å². The fourth-order valence-corrected chi connectivity index (χ4v) is 6.32. The maximum absolute atomic E-state index is 12.9. The second kappa shape index (κ2) is 10.6. The van der Waals surface area contributed by atoms with E-state index >= 15 is 0 Å². The van der Waals surface area contributed by atoms with Crippen LogP contribution in [-0.4, -0.2) is 47.0 Å². The summed E-state index contributed by atoms with van der Waals surface area (Å²) in [4.78, 5) is 29.2. The van der Waals surface area contributed by atoms with E-state index in [1.807, 2.05) is 0 Å². The lowest BCUT2D eigenvalue weighted by molar-refractivity contribution is -0.125. The fourth-order valence-electron chi connectivity index (χ4n) is 5.33. The molecule has 0 unspecified atom stereocenters. The Balaban J connectivity index is 1.11. The third kappa shape index (κ3) is 5.51. The Morgan fingerprint density at radius 1 is 1.00 bits per heavy atom. The number of nitrogens with one attached hydrogen (secondary N) is 1. The predicted octanol–water partition coefficient (Wildman–Crippen LogP) is 5.07. The van der Waals surface area contributed by atoms with E-state index in [1.54, 1.807) is 17.7 Å². The van der Waals surface area contributed by atoms with Gasteiger partial charge in [-0.1, -0.05) is 31.2 Å². The van der Waals surface area contributed by atoms with Gasteiger partial charge in [0.15, 0.2) is 0 Å². The summed E-state index contributed by atoms with van der Waals surface area (Å²) in [5.41, 5.74) is 3.80. The van der Waals surface area contributed by atoms with Crippen molar-refractivity contribution in [3.8, 4) is 0 Å². The van der Waals surface area contributed by atoms with Crippen LogP contribution >= 0.6 is 11.3 Å². The minimum Gasteiger partial charge on any atom is -0.356 e. The van der Waals surface area contributed by atoms with Crippen molar-refractivity contribution in [2.75, 3.05) is 31.1 Å². The van der Waals surface area contributed by atoms with Crippen LogP contribution in [-0.2, 0) is 17.9 Å². The lowest BCUT2D eigenvalue weighted by Gasteiger charge is -2.32. The van der Waals surface area contributed by atoms with E-state index < -0.39 is 0 Å². The van der Waals surface area contributed by atoms with Crippen LogP contribution in [0, 0.1) is 25.7 Å². The highest BCUT2D eigenvalue weighted by molar-refractivity contribution is 7.18. The Hall–Kier alpha value is -2.51. The maximum atomic E-state index is 12.9. The maximum Gasteiger partial charge on any atom is 0.223 e. The molecule has 2 aliphatic heterocycles. The number of benzene rings is 1. The van der Waals surface area contributed by atoms with Crippen molar-refractivity contribution in [3.63, 3.8) is 0 Å². The molecule has 6 nitrogen and oxygen atoms in total. The molecule has 35 heavy (non-hydrogen) atoms. The summed E-state index contributed by atoms with van der Waals surface area (Å²) in [6.45, 7) is 12.4. The molecule has 7 heteroatoms. The van der Waals surface area contributed by atoms with Gasteiger partial charge in [0.25, 0.3) is 0 Å². The molecule has 0 bridgehead atoms. The number of amides is 1. The molecule has 3 aromatic rings. The van der Waals surface area contributed by atoms with Crippen LogP contribution in [0.3, 0.4) is 0 Å². The zero-order chi connectivity index (χ0) is 24.4. The number of thiophene rings is 1. The fraction of sp³-hybridized carbons (Fsp3) is 0.536. The van der Waals surface area contributed by atoms with Crippen LogP contribution in [0.25, 0.3) is 10.2 Å². The van der Waals surface area contributed by atoms with Crippen molar-refractivity contribution >= 4 is 33.3 Å². The summed E-state index contributed by atoms with van der Waals surface area (Å²) >= 11 is 1.73. The van der Waals surface area contributed by atoms with Gasteiger partial charge >= 0.3 is 0 Å². The minimum atomic E-state index is 0.0645. The van der Waals surface area contributed by atoms with E-state index in [9.17, 15) is 4.79 Å². The van der Waals surface area contributed by atoms with Crippen molar-refractivity contribution in [2.45, 2.75) is 59.5 Å². The van der Waals surface area contributed by atoms with Gasteiger partial charge in [0.05, 0.1) is 5.39 Å². The number of hydrogen-bond donors (Lipinski definition) is 1. The number of likely N-dealkylation sites (tertiary alicyclic amines) is 1. The Bertz CT molecular complexity index is 1160. The van der Waals surface area contributed by atoms with Crippen molar-refractivity contribution in [3.05, 3.63) is 52.2 Å². The molecule has 2 fully saturated rings. The van der Waals surface area contributed by atoms with E-state index in [2.05, 4.69) is 70.1 Å². The average Bonchev–Trinajstić information content (AvgIpc) is 3.18. The molecule has 2 aromatic heterocycles. The van der Waals surface area contributed by atoms with Gasteiger partial charge in [0.1, 0.15) is 17.0 Å². The lowest BCUT2D eigenvalue weighted by Crippen LogP contribution is -2.40. The van der Waals surface area contributed by atoms with E-state index in [1.165, 1.54) is 52.9 Å². The summed E-state index contributed by atoms with van der Waals surface area (Å²) < 4.78 is 0. The van der Waals surface area contributed by atoms with Crippen LogP contribution < -0.4 is 10.2 Å². The van der Waals surface area contributed by atoms with Crippen LogP contribution in [0.15, 0.2) is 30.6 Å². The Labute approximate surface area is 212 Å². The van der Waals surface area contributed by atoms with Gasteiger partial charge in [-0.3, -0.25) is 9.69 Å². The van der Waals surface area contributed by atoms with Gasteiger partial charge in [-0.25, -0.2) is 9.97 Å². The number of nitrogens with zero attached hydrogens (tertiary/aromatic N) is 4. The first-order chi connectivity index (χ1) is 17.0. The van der Waals surface area contributed by atoms with Gasteiger partial charge in [-0.2, -0.15) is 0 Å². The van der Waals surface area contributed by atoms with Crippen molar-refractivity contribution in [1.29, 1.82) is 0 Å². The number of carbonyl (C=O) groups is 1. The van der Waals surface area contributed by atoms with Crippen molar-refractivity contribution < 1.29 is 4.79 Å². The highest BCUT2D eigenvalue weighted by Crippen LogP contribution is 2.35. The number of anilines is 1. The number of piperidine rings is 2. The lowest BCUT2D eigenvalue weighted by atomic mass is 9.95. The van der Waals surface area contributed by atoms with Gasteiger partial charge < -0.3 is 10.2 Å². The molecule has 2 aliphatic rings. The molecule has 4 heterocycles. The second-order valence-electron chi connectivity index (χ2n) is 10.4. The normalized spacial score (nSPS) is 18.3. The van der Waals surface area contributed by atoms with Crippen molar-refractivity contribution in [1.82, 2.24) is 20.2 Å². The Morgan fingerprint density at radius 2 is 1.69 bits per heavy atom. The van der Waals surface area contributed by atoms with Crippen molar-refractivity contribution in [2.24, 2.45) is 11.8 Å². The van der Waals surface area contributed by atoms with Crippen LogP contribution in [0.1, 0.15) is 54.2 Å². The molecule has 0 atom stereocenters. The first kappa shape index (κ1) is 24.2. The van der Waals surface area contributed by atoms with E-state index in [0.717, 1.165) is 49.0 Å². The highest BCUT2D eigenvalue weighted by atomic mass is 32.1. The number of carbonyl (C=O) groups excluding carboxylic acids is 1. The third-order valence-electron chi connectivity index (χ3n) is 7.88. The second-order valence-corrected chi connectivity index (χ2v) is 11.6. The topological polar surface area (TPSA) is 61.4 Å². The molecule has 0 saturated carbocycles. The van der Waals surface area contributed by atoms with Crippen LogP contribution in [0.5, 0.6) is 0 Å². The molecule has 1 N–H and O–H groups in total. The molecular weight excluding hydrogens is 454 g/mol. The summed E-state index contributed by atoms with van der Waals surface area (Å²) in [5.74, 6) is 2.12. The summed E-state index contributed by atoms with van der Waals surface area (Å²) in [6.07, 6.45) is 5.99. The molecule has 2 saturated heterocycles. The molecule has 1 amide bonds. The van der Waals surface area contributed by atoms with Gasteiger partial charge in [-0.15, -0.1) is 11.3 Å². The summed E-state index contributed by atoms with van der Waals surface area (Å²) in [5, 5.41) is 4.36. The summed E-state index contributed by atoms with van der Waals surface area (Å²) in [7, 11) is 0. The molecular formula is C28H37N5OS. The van der Waals surface area contributed by atoms with Gasteiger partial charge in [0, 0.05) is 37.0 Å². The zero-order valence-electron chi connectivity index (χ0n) is 21.2. The standard InChI is InChI=1S/C28H37N5OS/c1-19-8-12-32(13-9-19)17-23-6-4-22(5-7-23)16-29-27(34)24-10-14-33(15-11-24)26-25-20(2)21(3)35-28(25)31-18-30-26/h4-7,18-19,24H,8-17H2,1-3H3,(H,29,34). The SMILES string of the molecule is Cc1sc2ncnc(N3CCC(C(=O)NCc4ccc(CN5CCC(C)CC5)cc4)CC3)c2c1C. The third-order valence-corrected chi connectivity index (χ3v) is 9.00. The monoisotopic (exact) mass is 491 g/mol. The Kier molecular flexibility index (Phi) is 7.35. The van der Waals surface area contributed by atoms with E-state index in [4.69, 9.17) is 0 Å². The van der Waals surface area contributed by atoms with Crippen LogP contribution in [0.2, 0.25) is 0 Å². The number of fused-ring (bicyclic) bond motifs is 1. The predicted molar refractivity (Wildman–Crippen MR) is 144 cm³/mol. The number of rotatable bonds is 6. The minimum absolute atomic E-state index is 0.0645. The molecule has 1 aromatic carbocycles. The average molecular weight is 492 g/mol. The number of aryl methyl sites for hydroxylation is 2. The molecule has 0 spiro atoms. The largest absolute Gasteiger partial charge is 0.356 e. The molecule has 0 radical (unpaired) electrons. The molecule has 186 valence electrons.